The number of anilines is 1. The predicted octanol–water partition coefficient (Wildman–Crippen LogP) is 4.18. The third-order valence-electron chi connectivity index (χ3n) is 4.35. The molecule has 0 saturated heterocycles. The van der Waals surface area contributed by atoms with Crippen molar-refractivity contribution in [2.24, 2.45) is 5.92 Å². The maximum Gasteiger partial charge on any atom is 0.227 e. The highest BCUT2D eigenvalue weighted by Gasteiger charge is 2.25. The number of nitrogen functional groups attached to an aromatic ring is 1. The molecule has 130 valence electrons. The molecule has 3 nitrogen and oxygen atoms in total. The molecule has 2 unspecified atom stereocenters. The largest absolute Gasteiger partial charge is 0.399 e. The fourth-order valence-electron chi connectivity index (χ4n) is 2.76. The van der Waals surface area contributed by atoms with Crippen molar-refractivity contribution < 1.29 is 4.79 Å². The smallest absolute Gasteiger partial charge is 0.227 e. The van der Waals surface area contributed by atoms with Crippen LogP contribution in [0.3, 0.4) is 0 Å². The third-order valence-corrected chi connectivity index (χ3v) is 4.35. The van der Waals surface area contributed by atoms with E-state index in [0.29, 0.717) is 12.5 Å². The van der Waals surface area contributed by atoms with Crippen LogP contribution in [0.4, 0.5) is 5.69 Å². The van der Waals surface area contributed by atoms with Crippen molar-refractivity contribution in [1.29, 1.82) is 0 Å². The van der Waals surface area contributed by atoms with Crippen LogP contribution in [-0.2, 0) is 11.2 Å². The van der Waals surface area contributed by atoms with Crippen molar-refractivity contribution in [3.05, 3.63) is 65.7 Å². The van der Waals surface area contributed by atoms with Crippen molar-refractivity contribution >= 4 is 24.0 Å². The van der Waals surface area contributed by atoms with E-state index in [0.717, 1.165) is 24.1 Å². The van der Waals surface area contributed by atoms with Gasteiger partial charge < -0.3 is 11.1 Å². The highest BCUT2D eigenvalue weighted by atomic mass is 35.5. The first-order chi connectivity index (χ1) is 11.1. The summed E-state index contributed by atoms with van der Waals surface area (Å²) in [6.07, 6.45) is 1.79. The van der Waals surface area contributed by atoms with Gasteiger partial charge in [-0.15, -0.1) is 12.4 Å². The molecule has 2 aromatic rings. The van der Waals surface area contributed by atoms with Crippen LogP contribution in [0.15, 0.2) is 54.6 Å². The maximum atomic E-state index is 12.7. The first kappa shape index (κ1) is 20.0. The highest BCUT2D eigenvalue weighted by molar-refractivity contribution is 5.85. The van der Waals surface area contributed by atoms with Gasteiger partial charge in [0.15, 0.2) is 0 Å². The molecule has 0 heterocycles. The molecule has 0 saturated carbocycles. The summed E-state index contributed by atoms with van der Waals surface area (Å²) < 4.78 is 0. The summed E-state index contributed by atoms with van der Waals surface area (Å²) in [5.41, 5.74) is 8.72. The third kappa shape index (κ3) is 5.57. The van der Waals surface area contributed by atoms with Gasteiger partial charge in [0.25, 0.3) is 0 Å². The number of hydrogen-bond donors (Lipinski definition) is 2. The Labute approximate surface area is 151 Å². The van der Waals surface area contributed by atoms with Gasteiger partial charge in [-0.25, -0.2) is 0 Å². The molecule has 0 aliphatic rings. The van der Waals surface area contributed by atoms with Crippen molar-refractivity contribution in [3.8, 4) is 0 Å². The minimum atomic E-state index is -0.0902. The average Bonchev–Trinajstić information content (AvgIpc) is 2.57. The van der Waals surface area contributed by atoms with Crippen LogP contribution in [0.25, 0.3) is 0 Å². The van der Waals surface area contributed by atoms with E-state index in [2.05, 4.69) is 19.2 Å². The molecule has 24 heavy (non-hydrogen) atoms. The van der Waals surface area contributed by atoms with Crippen LogP contribution < -0.4 is 11.1 Å². The molecule has 0 aromatic heterocycles. The van der Waals surface area contributed by atoms with Crippen LogP contribution in [0.2, 0.25) is 0 Å². The van der Waals surface area contributed by atoms with E-state index < -0.39 is 0 Å². The molecule has 3 N–H and O–H groups in total. The Hall–Kier alpha value is -2.00. The number of amides is 1. The lowest BCUT2D eigenvalue weighted by Gasteiger charge is -2.22. The van der Waals surface area contributed by atoms with Crippen LogP contribution >= 0.6 is 12.4 Å². The lowest BCUT2D eigenvalue weighted by Crippen LogP contribution is -2.34. The quantitative estimate of drug-likeness (QED) is 0.739. The maximum absolute atomic E-state index is 12.7. The van der Waals surface area contributed by atoms with Gasteiger partial charge in [0.2, 0.25) is 5.91 Å². The minimum absolute atomic E-state index is 0. The van der Waals surface area contributed by atoms with E-state index in [-0.39, 0.29) is 24.2 Å². The van der Waals surface area contributed by atoms with Crippen molar-refractivity contribution in [3.63, 3.8) is 0 Å². The van der Waals surface area contributed by atoms with Crippen molar-refractivity contribution in [2.75, 3.05) is 12.3 Å². The second-order valence-corrected chi connectivity index (χ2v) is 6.06. The van der Waals surface area contributed by atoms with Crippen LogP contribution in [0, 0.1) is 5.92 Å². The number of halogens is 1. The summed E-state index contributed by atoms with van der Waals surface area (Å²) in [4.78, 5) is 12.7. The number of carbonyl (C=O) groups is 1. The zero-order valence-electron chi connectivity index (χ0n) is 14.4. The molecule has 2 atom stereocenters. The van der Waals surface area contributed by atoms with Crippen molar-refractivity contribution in [2.45, 2.75) is 32.6 Å². The standard InChI is InChI=1S/C20H26N2O.ClH/c1-3-15(2)19(17-7-5-4-6-8-17)20(23)22-14-13-16-9-11-18(21)12-10-16;/h4-12,15,19H,3,13-14,21H2,1-2H3,(H,22,23);1H. The van der Waals surface area contributed by atoms with E-state index in [1.54, 1.807) is 0 Å². The van der Waals surface area contributed by atoms with Crippen molar-refractivity contribution in [1.82, 2.24) is 5.32 Å². The summed E-state index contributed by atoms with van der Waals surface area (Å²) in [5.74, 6) is 0.336. The first-order valence-corrected chi connectivity index (χ1v) is 8.29. The first-order valence-electron chi connectivity index (χ1n) is 8.29. The van der Waals surface area contributed by atoms with E-state index >= 15 is 0 Å². The van der Waals surface area contributed by atoms with E-state index in [9.17, 15) is 4.79 Å². The van der Waals surface area contributed by atoms with E-state index in [1.807, 2.05) is 54.6 Å². The zero-order valence-corrected chi connectivity index (χ0v) is 15.2. The Morgan fingerprint density at radius 2 is 1.71 bits per heavy atom. The number of nitrogens with two attached hydrogens (primary N) is 1. The molecule has 2 aromatic carbocycles. The average molecular weight is 347 g/mol. The molecule has 0 spiro atoms. The molecule has 0 aliphatic heterocycles. The molecular formula is C20H27ClN2O. The summed E-state index contributed by atoms with van der Waals surface area (Å²) >= 11 is 0. The number of benzene rings is 2. The fourth-order valence-corrected chi connectivity index (χ4v) is 2.76. The molecule has 0 fully saturated rings. The normalized spacial score (nSPS) is 12.8. The Bertz CT molecular complexity index is 613. The van der Waals surface area contributed by atoms with Gasteiger partial charge in [0.1, 0.15) is 0 Å². The van der Waals surface area contributed by atoms with Gasteiger partial charge in [-0.1, -0.05) is 62.7 Å². The summed E-state index contributed by atoms with van der Waals surface area (Å²) in [6.45, 7) is 4.90. The Morgan fingerprint density at radius 3 is 2.29 bits per heavy atom. The number of rotatable bonds is 7. The molecular weight excluding hydrogens is 320 g/mol. The van der Waals surface area contributed by atoms with Gasteiger partial charge in [0, 0.05) is 12.2 Å². The molecule has 2 rings (SSSR count). The van der Waals surface area contributed by atoms with Crippen LogP contribution in [-0.4, -0.2) is 12.5 Å². The minimum Gasteiger partial charge on any atom is -0.399 e. The van der Waals surface area contributed by atoms with Crippen LogP contribution in [0.1, 0.15) is 37.3 Å². The Balaban J connectivity index is 0.00000288. The second kappa shape index (κ2) is 9.99. The Kier molecular flexibility index (Phi) is 8.34. The van der Waals surface area contributed by atoms with Gasteiger partial charge in [0.05, 0.1) is 5.92 Å². The second-order valence-electron chi connectivity index (χ2n) is 6.06. The van der Waals surface area contributed by atoms with Gasteiger partial charge in [-0.05, 0) is 35.6 Å². The van der Waals surface area contributed by atoms with E-state index in [4.69, 9.17) is 5.73 Å². The lowest BCUT2D eigenvalue weighted by atomic mass is 9.85. The van der Waals surface area contributed by atoms with Gasteiger partial charge >= 0.3 is 0 Å². The number of hydrogen-bond acceptors (Lipinski definition) is 2. The van der Waals surface area contributed by atoms with E-state index in [1.165, 1.54) is 5.56 Å². The molecule has 0 aliphatic carbocycles. The molecule has 4 heteroatoms. The number of nitrogens with one attached hydrogen (secondary N) is 1. The predicted molar refractivity (Wildman–Crippen MR) is 103 cm³/mol. The molecule has 0 radical (unpaired) electrons. The SMILES string of the molecule is CCC(C)C(C(=O)NCCc1ccc(N)cc1)c1ccccc1.Cl. The highest BCUT2D eigenvalue weighted by Crippen LogP contribution is 2.27. The summed E-state index contributed by atoms with van der Waals surface area (Å²) in [6, 6.07) is 17.8. The monoisotopic (exact) mass is 346 g/mol. The van der Waals surface area contributed by atoms with Gasteiger partial charge in [-0.2, -0.15) is 0 Å². The molecule has 1 amide bonds. The summed E-state index contributed by atoms with van der Waals surface area (Å²) in [5, 5.41) is 3.09. The lowest BCUT2D eigenvalue weighted by molar-refractivity contribution is -0.123. The number of carbonyl (C=O) groups excluding carboxylic acids is 1. The summed E-state index contributed by atoms with van der Waals surface area (Å²) in [7, 11) is 0. The topological polar surface area (TPSA) is 55.1 Å². The van der Waals surface area contributed by atoms with Crippen LogP contribution in [0.5, 0.6) is 0 Å². The Morgan fingerprint density at radius 1 is 1.08 bits per heavy atom. The zero-order chi connectivity index (χ0) is 16.7. The fraction of sp³-hybridized carbons (Fsp3) is 0.350. The van der Waals surface area contributed by atoms with Gasteiger partial charge in [-0.3, -0.25) is 4.79 Å². The molecule has 0 bridgehead atoms.